The number of aromatic nitrogens is 2. The van der Waals surface area contributed by atoms with E-state index in [0.717, 1.165) is 11.3 Å². The van der Waals surface area contributed by atoms with Gasteiger partial charge in [0, 0.05) is 11.9 Å². The van der Waals surface area contributed by atoms with E-state index in [4.69, 9.17) is 0 Å². The Morgan fingerprint density at radius 1 is 1.28 bits per heavy atom. The van der Waals surface area contributed by atoms with E-state index in [1.54, 1.807) is 10.9 Å². The maximum Gasteiger partial charge on any atom is 0.323 e. The van der Waals surface area contributed by atoms with E-state index in [2.05, 4.69) is 29.6 Å². The van der Waals surface area contributed by atoms with Gasteiger partial charge in [0.15, 0.2) is 9.84 Å². The quantitative estimate of drug-likeness (QED) is 0.874. The zero-order valence-corrected chi connectivity index (χ0v) is 15.1. The van der Waals surface area contributed by atoms with Gasteiger partial charge in [-0.05, 0) is 24.0 Å². The third kappa shape index (κ3) is 4.19. The maximum atomic E-state index is 12.2. The topological polar surface area (TPSA) is 93.1 Å². The van der Waals surface area contributed by atoms with Gasteiger partial charge in [-0.2, -0.15) is 5.10 Å². The van der Waals surface area contributed by atoms with E-state index in [0.29, 0.717) is 18.0 Å². The van der Waals surface area contributed by atoms with E-state index >= 15 is 0 Å². The number of hydrogen-bond acceptors (Lipinski definition) is 4. The first-order valence-corrected chi connectivity index (χ1v) is 10.1. The van der Waals surface area contributed by atoms with Gasteiger partial charge in [-0.1, -0.05) is 32.0 Å². The molecule has 0 radical (unpaired) electrons. The molecule has 1 fully saturated rings. The van der Waals surface area contributed by atoms with Crippen molar-refractivity contribution in [3.05, 3.63) is 42.2 Å². The summed E-state index contributed by atoms with van der Waals surface area (Å²) >= 11 is 0. The molecule has 1 aliphatic rings. The molecule has 3 rings (SSSR count). The minimum Gasteiger partial charge on any atom is -0.307 e. The molecule has 1 aromatic carbocycles. The lowest BCUT2D eigenvalue weighted by Gasteiger charge is -2.13. The maximum absolute atomic E-state index is 12.2. The fourth-order valence-corrected chi connectivity index (χ4v) is 4.69. The smallest absolute Gasteiger partial charge is 0.307 e. The molecule has 25 heavy (non-hydrogen) atoms. The molecule has 2 amide bonds. The Hall–Kier alpha value is -2.35. The first kappa shape index (κ1) is 17.5. The predicted molar refractivity (Wildman–Crippen MR) is 97.7 cm³/mol. The van der Waals surface area contributed by atoms with Crippen LogP contribution in [0.25, 0.3) is 0 Å². The summed E-state index contributed by atoms with van der Waals surface area (Å²) in [6.45, 7) is 4.14. The van der Waals surface area contributed by atoms with Crippen molar-refractivity contribution >= 4 is 27.2 Å². The summed E-state index contributed by atoms with van der Waals surface area (Å²) in [5.74, 6) is 0.582. The molecule has 134 valence electrons. The minimum atomic E-state index is -2.97. The summed E-state index contributed by atoms with van der Waals surface area (Å²) in [5, 5.41) is 9.77. The van der Waals surface area contributed by atoms with Crippen molar-refractivity contribution in [3.63, 3.8) is 0 Å². The van der Waals surface area contributed by atoms with Crippen LogP contribution in [0, 0.1) is 0 Å². The molecule has 0 aliphatic carbocycles. The monoisotopic (exact) mass is 362 g/mol. The van der Waals surface area contributed by atoms with Crippen LogP contribution in [0.15, 0.2) is 36.7 Å². The van der Waals surface area contributed by atoms with Crippen molar-refractivity contribution < 1.29 is 13.2 Å². The van der Waals surface area contributed by atoms with Gasteiger partial charge in [-0.25, -0.2) is 13.2 Å². The van der Waals surface area contributed by atoms with E-state index < -0.39 is 9.84 Å². The third-order valence-corrected chi connectivity index (χ3v) is 6.02. The van der Waals surface area contributed by atoms with Gasteiger partial charge in [-0.3, -0.25) is 4.68 Å². The first-order chi connectivity index (χ1) is 11.8. The highest BCUT2D eigenvalue weighted by molar-refractivity contribution is 7.91. The molecule has 7 nitrogen and oxygen atoms in total. The molecule has 0 spiro atoms. The van der Waals surface area contributed by atoms with Crippen LogP contribution in [0.4, 0.5) is 16.2 Å². The highest BCUT2D eigenvalue weighted by Gasteiger charge is 2.29. The Balaban J connectivity index is 1.65. The van der Waals surface area contributed by atoms with Gasteiger partial charge in [0.2, 0.25) is 0 Å². The largest absolute Gasteiger partial charge is 0.323 e. The van der Waals surface area contributed by atoms with Gasteiger partial charge >= 0.3 is 6.03 Å². The number of urea groups is 1. The Kier molecular flexibility index (Phi) is 4.80. The van der Waals surface area contributed by atoms with Gasteiger partial charge in [0.1, 0.15) is 0 Å². The lowest BCUT2D eigenvalue weighted by Crippen LogP contribution is -2.20. The number of nitrogens with one attached hydrogen (secondary N) is 2. The summed E-state index contributed by atoms with van der Waals surface area (Å²) in [5.41, 5.74) is 2.36. The fourth-order valence-electron chi connectivity index (χ4n) is 2.99. The lowest BCUT2D eigenvalue weighted by molar-refractivity contribution is 0.262. The summed E-state index contributed by atoms with van der Waals surface area (Å²) < 4.78 is 24.7. The fraction of sp³-hybridized carbons (Fsp3) is 0.412. The standard InChI is InChI=1S/C17H22N4O3S/c1-12(2)15-5-3-4-6-16(15)20-17(22)19-13-9-18-21(10-13)14-7-8-25(23,24)11-14/h3-6,9-10,12,14H,7-8,11H2,1-2H3,(H2,19,20,22). The van der Waals surface area contributed by atoms with Crippen LogP contribution in [0.3, 0.4) is 0 Å². The molecule has 1 aromatic heterocycles. The molecule has 2 N–H and O–H groups in total. The van der Waals surface area contributed by atoms with E-state index in [9.17, 15) is 13.2 Å². The summed E-state index contributed by atoms with van der Waals surface area (Å²) in [6.07, 6.45) is 3.75. The number of hydrogen-bond donors (Lipinski definition) is 2. The number of anilines is 2. The number of benzene rings is 1. The minimum absolute atomic E-state index is 0.0993. The van der Waals surface area contributed by atoms with Gasteiger partial charge in [0.05, 0.1) is 29.4 Å². The van der Waals surface area contributed by atoms with E-state index in [1.165, 1.54) is 6.20 Å². The molecule has 1 unspecified atom stereocenters. The molecule has 1 saturated heterocycles. The zero-order chi connectivity index (χ0) is 18.0. The Morgan fingerprint density at radius 3 is 2.72 bits per heavy atom. The molecule has 0 saturated carbocycles. The van der Waals surface area contributed by atoms with Crippen LogP contribution >= 0.6 is 0 Å². The van der Waals surface area contributed by atoms with Crippen molar-refractivity contribution in [1.29, 1.82) is 0 Å². The van der Waals surface area contributed by atoms with E-state index in [1.807, 2.05) is 24.3 Å². The number of carbonyl (C=O) groups excluding carboxylic acids is 1. The van der Waals surface area contributed by atoms with E-state index in [-0.39, 0.29) is 23.6 Å². The second-order valence-corrected chi connectivity index (χ2v) is 8.82. The molecular formula is C17H22N4O3S. The number of carbonyl (C=O) groups is 1. The van der Waals surface area contributed by atoms with Crippen molar-refractivity contribution in [2.45, 2.75) is 32.2 Å². The summed E-state index contributed by atoms with van der Waals surface area (Å²) in [7, 11) is -2.97. The Labute approximate surface area is 147 Å². The van der Waals surface area contributed by atoms with Gasteiger partial charge in [-0.15, -0.1) is 0 Å². The Morgan fingerprint density at radius 2 is 2.04 bits per heavy atom. The predicted octanol–water partition coefficient (Wildman–Crippen LogP) is 3.01. The summed E-state index contributed by atoms with van der Waals surface area (Å²) in [6, 6.07) is 7.15. The zero-order valence-electron chi connectivity index (χ0n) is 14.3. The molecule has 2 aromatic rings. The molecule has 1 aliphatic heterocycles. The van der Waals surface area contributed by atoms with Crippen molar-refractivity contribution in [2.75, 3.05) is 22.1 Å². The van der Waals surface area contributed by atoms with Crippen LogP contribution < -0.4 is 10.6 Å². The SMILES string of the molecule is CC(C)c1ccccc1NC(=O)Nc1cnn(C2CCS(=O)(=O)C2)c1. The van der Waals surface area contributed by atoms with Crippen LogP contribution in [-0.4, -0.2) is 35.7 Å². The molecule has 1 atom stereocenters. The molecule has 2 heterocycles. The normalized spacial score (nSPS) is 19.1. The van der Waals surface area contributed by atoms with Crippen molar-refractivity contribution in [2.24, 2.45) is 0 Å². The summed E-state index contributed by atoms with van der Waals surface area (Å²) in [4.78, 5) is 12.2. The van der Waals surface area contributed by atoms with Crippen LogP contribution in [0.1, 0.15) is 37.8 Å². The van der Waals surface area contributed by atoms with Crippen LogP contribution in [0.2, 0.25) is 0 Å². The number of rotatable bonds is 4. The second kappa shape index (κ2) is 6.87. The number of nitrogens with zero attached hydrogens (tertiary/aromatic N) is 2. The average Bonchev–Trinajstić information content (AvgIpc) is 3.13. The highest BCUT2D eigenvalue weighted by Crippen LogP contribution is 2.25. The third-order valence-electron chi connectivity index (χ3n) is 4.27. The number of sulfone groups is 1. The molecule has 0 bridgehead atoms. The van der Waals surface area contributed by atoms with Crippen molar-refractivity contribution in [3.8, 4) is 0 Å². The Bertz CT molecular complexity index is 874. The second-order valence-electron chi connectivity index (χ2n) is 6.59. The highest BCUT2D eigenvalue weighted by atomic mass is 32.2. The first-order valence-electron chi connectivity index (χ1n) is 8.25. The lowest BCUT2D eigenvalue weighted by atomic mass is 10.0. The van der Waals surface area contributed by atoms with Crippen molar-refractivity contribution in [1.82, 2.24) is 9.78 Å². The molecular weight excluding hydrogens is 340 g/mol. The van der Waals surface area contributed by atoms with Crippen LogP contribution in [0.5, 0.6) is 0 Å². The van der Waals surface area contributed by atoms with Gasteiger partial charge in [0.25, 0.3) is 0 Å². The van der Waals surface area contributed by atoms with Gasteiger partial charge < -0.3 is 10.6 Å². The molecule has 8 heteroatoms. The number of amides is 2. The number of para-hydroxylation sites is 1. The van der Waals surface area contributed by atoms with Crippen LogP contribution in [-0.2, 0) is 9.84 Å². The average molecular weight is 362 g/mol.